The highest BCUT2D eigenvalue weighted by molar-refractivity contribution is 5.84. The molecule has 3 heterocycles. The molecule has 2 aliphatic rings. The first-order valence-electron chi connectivity index (χ1n) is 8.79. The summed E-state index contributed by atoms with van der Waals surface area (Å²) in [6.07, 6.45) is 1.66. The third kappa shape index (κ3) is 3.24. The minimum absolute atomic E-state index is 0.0249. The molecule has 2 atom stereocenters. The van der Waals surface area contributed by atoms with Crippen molar-refractivity contribution >= 4 is 5.91 Å². The molecule has 4 rings (SSSR count). The fourth-order valence-electron chi connectivity index (χ4n) is 4.00. The second-order valence-electron chi connectivity index (χ2n) is 7.21. The molecule has 0 spiro atoms. The number of nitrogens with one attached hydrogen (secondary N) is 1. The lowest BCUT2D eigenvalue weighted by Crippen LogP contribution is -2.46. The molecule has 1 amide bonds. The van der Waals surface area contributed by atoms with Crippen LogP contribution in [0, 0.1) is 24.1 Å². The molecule has 2 aromatic rings. The van der Waals surface area contributed by atoms with Crippen molar-refractivity contribution in [1.29, 1.82) is 0 Å². The minimum Gasteiger partial charge on any atom is -0.449 e. The Hall–Kier alpha value is -2.25. The van der Waals surface area contributed by atoms with E-state index in [-0.39, 0.29) is 17.6 Å². The van der Waals surface area contributed by atoms with E-state index in [4.69, 9.17) is 9.15 Å². The molecule has 0 radical (unpaired) electrons. The second-order valence-corrected chi connectivity index (χ2v) is 7.21. The number of carbonyl (C=O) groups is 1. The van der Waals surface area contributed by atoms with E-state index < -0.39 is 5.41 Å². The van der Waals surface area contributed by atoms with Gasteiger partial charge < -0.3 is 14.5 Å². The number of ether oxygens (including phenoxy) is 1. The Kier molecular flexibility index (Phi) is 4.50. The number of aryl methyl sites for hydroxylation is 1. The number of nitrogens with zero attached hydrogens (tertiary/aromatic N) is 2. The molecule has 1 aromatic heterocycles. The summed E-state index contributed by atoms with van der Waals surface area (Å²) in [7, 11) is 0. The highest BCUT2D eigenvalue weighted by Gasteiger charge is 2.55. The summed E-state index contributed by atoms with van der Waals surface area (Å²) >= 11 is 0. The molecule has 26 heavy (non-hydrogen) atoms. The van der Waals surface area contributed by atoms with Crippen LogP contribution >= 0.6 is 0 Å². The van der Waals surface area contributed by atoms with Crippen LogP contribution in [0.3, 0.4) is 0 Å². The predicted octanol–water partition coefficient (Wildman–Crippen LogP) is 1.89. The van der Waals surface area contributed by atoms with E-state index in [9.17, 15) is 9.18 Å². The van der Waals surface area contributed by atoms with Crippen molar-refractivity contribution in [2.45, 2.75) is 20.0 Å². The minimum atomic E-state index is -0.549. The Morgan fingerprint density at radius 1 is 1.50 bits per heavy atom. The molecule has 1 aromatic carbocycles. The summed E-state index contributed by atoms with van der Waals surface area (Å²) in [4.78, 5) is 19.5. The van der Waals surface area contributed by atoms with Gasteiger partial charge in [0.05, 0.1) is 24.3 Å². The highest BCUT2D eigenvalue weighted by atomic mass is 19.1. The van der Waals surface area contributed by atoms with Crippen molar-refractivity contribution in [3.63, 3.8) is 0 Å². The summed E-state index contributed by atoms with van der Waals surface area (Å²) in [6, 6.07) is 6.28. The van der Waals surface area contributed by atoms with Crippen LogP contribution < -0.4 is 5.32 Å². The summed E-state index contributed by atoms with van der Waals surface area (Å²) in [5.74, 6) is 0.475. The molecular weight excluding hydrogens is 337 g/mol. The zero-order valence-electron chi connectivity index (χ0n) is 14.7. The van der Waals surface area contributed by atoms with E-state index in [1.807, 2.05) is 6.92 Å². The number of likely N-dealkylation sites (tertiary alicyclic amines) is 1. The average molecular weight is 359 g/mol. The van der Waals surface area contributed by atoms with Gasteiger partial charge in [0.2, 0.25) is 5.91 Å². The van der Waals surface area contributed by atoms with E-state index in [1.165, 1.54) is 12.1 Å². The Labute approximate surface area is 151 Å². The number of fused-ring (bicyclic) bond motifs is 1. The molecular formula is C19H22FN3O3. The lowest BCUT2D eigenvalue weighted by atomic mass is 9.80. The van der Waals surface area contributed by atoms with Crippen molar-refractivity contribution in [2.24, 2.45) is 11.3 Å². The Morgan fingerprint density at radius 2 is 2.38 bits per heavy atom. The molecule has 1 N–H and O–H groups in total. The van der Waals surface area contributed by atoms with Crippen LogP contribution in [0.1, 0.15) is 17.1 Å². The van der Waals surface area contributed by atoms with Crippen molar-refractivity contribution in [3.8, 4) is 0 Å². The van der Waals surface area contributed by atoms with Gasteiger partial charge >= 0.3 is 0 Å². The number of halogens is 1. The van der Waals surface area contributed by atoms with Crippen molar-refractivity contribution < 1.29 is 18.3 Å². The van der Waals surface area contributed by atoms with Gasteiger partial charge in [-0.05, 0) is 17.7 Å². The van der Waals surface area contributed by atoms with Gasteiger partial charge in [-0.2, -0.15) is 0 Å². The number of aromatic nitrogens is 1. The van der Waals surface area contributed by atoms with Crippen LogP contribution in [0.2, 0.25) is 0 Å². The van der Waals surface area contributed by atoms with Crippen molar-refractivity contribution in [1.82, 2.24) is 15.2 Å². The first-order chi connectivity index (χ1) is 12.5. The molecule has 6 nitrogen and oxygen atoms in total. The molecule has 0 unspecified atom stereocenters. The molecule has 2 fully saturated rings. The van der Waals surface area contributed by atoms with Crippen LogP contribution in [-0.4, -0.2) is 42.1 Å². The monoisotopic (exact) mass is 359 g/mol. The summed E-state index contributed by atoms with van der Waals surface area (Å²) < 4.78 is 24.2. The Bertz CT molecular complexity index is 809. The van der Waals surface area contributed by atoms with Gasteiger partial charge in [0.25, 0.3) is 0 Å². The number of rotatable bonds is 5. The quantitative estimate of drug-likeness (QED) is 0.883. The fourth-order valence-corrected chi connectivity index (χ4v) is 4.00. The number of oxazole rings is 1. The Balaban J connectivity index is 1.42. The van der Waals surface area contributed by atoms with E-state index >= 15 is 0 Å². The first-order valence-corrected chi connectivity index (χ1v) is 8.79. The largest absolute Gasteiger partial charge is 0.449 e. The maximum atomic E-state index is 13.3. The van der Waals surface area contributed by atoms with Gasteiger partial charge in [-0.1, -0.05) is 12.1 Å². The molecule has 138 valence electrons. The number of carbonyl (C=O) groups excluding carboxylic acids is 1. The maximum absolute atomic E-state index is 13.3. The van der Waals surface area contributed by atoms with Crippen molar-refractivity contribution in [3.05, 3.63) is 53.5 Å². The standard InChI is InChI=1S/C19H22FN3O3/c1-13-22-17(10-26-13)8-23-7-15-9-25-12-19(15,11-23)18(24)21-6-14-3-2-4-16(20)5-14/h2-5,10,15H,6-9,11-12H2,1H3,(H,21,24)/t15-,19-/m1/s1. The predicted molar refractivity (Wildman–Crippen MR) is 91.5 cm³/mol. The fraction of sp³-hybridized carbons (Fsp3) is 0.474. The lowest BCUT2D eigenvalue weighted by Gasteiger charge is -2.26. The second kappa shape index (κ2) is 6.81. The van der Waals surface area contributed by atoms with E-state index in [0.29, 0.717) is 38.7 Å². The van der Waals surface area contributed by atoms with E-state index in [0.717, 1.165) is 17.8 Å². The summed E-state index contributed by atoms with van der Waals surface area (Å²) in [6.45, 7) is 5.21. The van der Waals surface area contributed by atoms with E-state index in [2.05, 4.69) is 15.2 Å². The van der Waals surface area contributed by atoms with Gasteiger partial charge in [0, 0.05) is 39.0 Å². The molecule has 2 aliphatic heterocycles. The van der Waals surface area contributed by atoms with Crippen molar-refractivity contribution in [2.75, 3.05) is 26.3 Å². The zero-order chi connectivity index (χ0) is 18.1. The third-order valence-electron chi connectivity index (χ3n) is 5.29. The molecule has 2 saturated heterocycles. The third-order valence-corrected chi connectivity index (χ3v) is 5.29. The normalized spacial score (nSPS) is 25.4. The Morgan fingerprint density at radius 3 is 3.15 bits per heavy atom. The number of hydrogen-bond donors (Lipinski definition) is 1. The number of benzene rings is 1. The molecule has 7 heteroatoms. The molecule has 0 bridgehead atoms. The van der Waals surface area contributed by atoms with Crippen LogP contribution in [0.15, 0.2) is 34.9 Å². The van der Waals surface area contributed by atoms with Gasteiger partial charge in [-0.3, -0.25) is 9.69 Å². The van der Waals surface area contributed by atoms with Gasteiger partial charge in [0.1, 0.15) is 12.1 Å². The average Bonchev–Trinajstić information content (AvgIpc) is 3.27. The topological polar surface area (TPSA) is 67.6 Å². The van der Waals surface area contributed by atoms with Gasteiger partial charge in [-0.25, -0.2) is 9.37 Å². The highest BCUT2D eigenvalue weighted by Crippen LogP contribution is 2.42. The summed E-state index contributed by atoms with van der Waals surface area (Å²) in [5, 5.41) is 2.97. The first kappa shape index (κ1) is 17.2. The zero-order valence-corrected chi connectivity index (χ0v) is 14.7. The van der Waals surface area contributed by atoms with E-state index in [1.54, 1.807) is 18.4 Å². The lowest BCUT2D eigenvalue weighted by molar-refractivity contribution is -0.131. The van der Waals surface area contributed by atoms with Crippen LogP contribution in [0.4, 0.5) is 4.39 Å². The maximum Gasteiger partial charge on any atom is 0.230 e. The SMILES string of the molecule is Cc1nc(CN2C[C@@H]3COC[C@]3(C(=O)NCc3cccc(F)c3)C2)co1. The van der Waals surface area contributed by atoms with Crippen LogP contribution in [0.5, 0.6) is 0 Å². The molecule has 0 saturated carbocycles. The van der Waals surface area contributed by atoms with Gasteiger partial charge in [0.15, 0.2) is 5.89 Å². The van der Waals surface area contributed by atoms with Crippen LogP contribution in [-0.2, 0) is 22.6 Å². The number of hydrogen-bond acceptors (Lipinski definition) is 5. The molecule has 0 aliphatic carbocycles. The van der Waals surface area contributed by atoms with Gasteiger partial charge in [-0.15, -0.1) is 0 Å². The smallest absolute Gasteiger partial charge is 0.230 e. The van der Waals surface area contributed by atoms with Crippen LogP contribution in [0.25, 0.3) is 0 Å². The summed E-state index contributed by atoms with van der Waals surface area (Å²) in [5.41, 5.74) is 1.07. The number of amides is 1.